The largest absolute Gasteiger partial charge is 0.389 e. The molecule has 2 heteroatoms. The zero-order chi connectivity index (χ0) is 13.7. The molecule has 0 heterocycles. The first-order chi connectivity index (χ1) is 8.23. The van der Waals surface area contributed by atoms with E-state index in [2.05, 4.69) is 20.4 Å². The average molecular weight is 252 g/mol. The standard InChI is InChI=1S/C16H28O2/c1-10(2)16(18)9-8-15(5)12(4)7-6-11(3)13(15)14(16)17/h10,12-14,17-18H,3,6-9H2,1-2,4-5H3. The lowest BCUT2D eigenvalue weighted by Gasteiger charge is -2.58. The van der Waals surface area contributed by atoms with Crippen molar-refractivity contribution in [3.05, 3.63) is 12.2 Å². The van der Waals surface area contributed by atoms with E-state index in [4.69, 9.17) is 0 Å². The summed E-state index contributed by atoms with van der Waals surface area (Å²) >= 11 is 0. The van der Waals surface area contributed by atoms with Crippen molar-refractivity contribution in [2.24, 2.45) is 23.2 Å². The lowest BCUT2D eigenvalue weighted by Crippen LogP contribution is -2.61. The summed E-state index contributed by atoms with van der Waals surface area (Å²) in [7, 11) is 0. The molecule has 2 nitrogen and oxygen atoms in total. The van der Waals surface area contributed by atoms with Crippen LogP contribution in [0.1, 0.15) is 53.4 Å². The Labute approximate surface area is 111 Å². The Hall–Kier alpha value is -0.340. The minimum absolute atomic E-state index is 0.0578. The van der Waals surface area contributed by atoms with Crippen LogP contribution in [0, 0.1) is 23.2 Å². The van der Waals surface area contributed by atoms with Gasteiger partial charge in [0.25, 0.3) is 0 Å². The third-order valence-corrected chi connectivity index (χ3v) is 6.07. The molecule has 0 radical (unpaired) electrons. The van der Waals surface area contributed by atoms with E-state index in [1.54, 1.807) is 0 Å². The van der Waals surface area contributed by atoms with E-state index in [1.165, 1.54) is 6.42 Å². The van der Waals surface area contributed by atoms with E-state index >= 15 is 0 Å². The summed E-state index contributed by atoms with van der Waals surface area (Å²) in [6, 6.07) is 0. The fourth-order valence-electron chi connectivity index (χ4n) is 4.18. The molecule has 2 fully saturated rings. The van der Waals surface area contributed by atoms with Crippen LogP contribution in [-0.2, 0) is 0 Å². The second-order valence-corrected chi connectivity index (χ2v) is 7.17. The minimum atomic E-state index is -0.940. The number of hydrogen-bond acceptors (Lipinski definition) is 2. The third kappa shape index (κ3) is 1.77. The Bertz CT molecular complexity index is 349. The van der Waals surface area contributed by atoms with Gasteiger partial charge < -0.3 is 10.2 Å². The fraction of sp³-hybridized carbons (Fsp3) is 0.875. The van der Waals surface area contributed by atoms with Gasteiger partial charge in [0.05, 0.1) is 11.7 Å². The van der Waals surface area contributed by atoms with E-state index in [9.17, 15) is 10.2 Å². The SMILES string of the molecule is C=C1CCC(C)C2(C)CCC(O)(C(C)C)C(O)C12. The molecule has 0 spiro atoms. The predicted molar refractivity (Wildman–Crippen MR) is 74.2 cm³/mol. The summed E-state index contributed by atoms with van der Waals surface area (Å²) < 4.78 is 0. The Balaban J connectivity index is 2.38. The zero-order valence-corrected chi connectivity index (χ0v) is 12.2. The van der Waals surface area contributed by atoms with Crippen LogP contribution >= 0.6 is 0 Å². The van der Waals surface area contributed by atoms with Gasteiger partial charge in [-0.15, -0.1) is 0 Å². The molecule has 2 rings (SSSR count). The van der Waals surface area contributed by atoms with Crippen molar-refractivity contribution in [2.45, 2.75) is 65.1 Å². The molecule has 2 aliphatic carbocycles. The average Bonchev–Trinajstić information content (AvgIpc) is 2.30. The Kier molecular flexibility index (Phi) is 3.40. The van der Waals surface area contributed by atoms with Gasteiger partial charge in [-0.05, 0) is 42.9 Å². The highest BCUT2D eigenvalue weighted by atomic mass is 16.3. The molecule has 5 atom stereocenters. The topological polar surface area (TPSA) is 40.5 Å². The van der Waals surface area contributed by atoms with Gasteiger partial charge in [-0.25, -0.2) is 0 Å². The summed E-state index contributed by atoms with van der Waals surface area (Å²) in [5.74, 6) is 0.740. The van der Waals surface area contributed by atoms with Crippen molar-refractivity contribution >= 4 is 0 Å². The maximum Gasteiger partial charge on any atom is 0.0934 e. The second kappa shape index (κ2) is 4.35. The molecule has 5 unspecified atom stereocenters. The van der Waals surface area contributed by atoms with Crippen LogP contribution in [0.25, 0.3) is 0 Å². The van der Waals surface area contributed by atoms with Crippen LogP contribution < -0.4 is 0 Å². The van der Waals surface area contributed by atoms with Gasteiger partial charge >= 0.3 is 0 Å². The van der Waals surface area contributed by atoms with E-state index in [1.807, 2.05) is 13.8 Å². The van der Waals surface area contributed by atoms with Crippen LogP contribution in [-0.4, -0.2) is 21.9 Å². The highest BCUT2D eigenvalue weighted by Gasteiger charge is 2.57. The number of aliphatic hydroxyl groups excluding tert-OH is 1. The first-order valence-electron chi connectivity index (χ1n) is 7.31. The van der Waals surface area contributed by atoms with Crippen LogP contribution in [0.3, 0.4) is 0 Å². The van der Waals surface area contributed by atoms with Gasteiger partial charge in [0, 0.05) is 5.92 Å². The third-order valence-electron chi connectivity index (χ3n) is 6.07. The second-order valence-electron chi connectivity index (χ2n) is 7.17. The molecule has 0 aromatic rings. The number of rotatable bonds is 1. The lowest BCUT2D eigenvalue weighted by atomic mass is 9.50. The van der Waals surface area contributed by atoms with Gasteiger partial charge in [0.1, 0.15) is 0 Å². The first kappa shape index (κ1) is 14.1. The van der Waals surface area contributed by atoms with Crippen LogP contribution in [0.15, 0.2) is 12.2 Å². The van der Waals surface area contributed by atoms with Crippen LogP contribution in [0.5, 0.6) is 0 Å². The lowest BCUT2D eigenvalue weighted by molar-refractivity contribution is -0.189. The molecule has 2 aliphatic rings. The molecule has 0 aromatic carbocycles. The molecule has 0 aliphatic heterocycles. The zero-order valence-electron chi connectivity index (χ0n) is 12.2. The normalized spacial score (nSPS) is 49.3. The molecule has 104 valence electrons. The quantitative estimate of drug-likeness (QED) is 0.704. The molecule has 0 bridgehead atoms. The summed E-state index contributed by atoms with van der Waals surface area (Å²) in [5, 5.41) is 21.5. The summed E-state index contributed by atoms with van der Waals surface area (Å²) in [5.41, 5.74) is 0.307. The van der Waals surface area contributed by atoms with E-state index < -0.39 is 11.7 Å². The van der Waals surface area contributed by atoms with Gasteiger partial charge in [0.15, 0.2) is 0 Å². The Morgan fingerprint density at radius 2 is 1.94 bits per heavy atom. The number of aliphatic hydroxyl groups is 2. The van der Waals surface area contributed by atoms with Crippen molar-refractivity contribution in [2.75, 3.05) is 0 Å². The van der Waals surface area contributed by atoms with Gasteiger partial charge in [-0.3, -0.25) is 0 Å². The van der Waals surface area contributed by atoms with Gasteiger partial charge in [-0.2, -0.15) is 0 Å². The summed E-state index contributed by atoms with van der Waals surface area (Å²) in [6.45, 7) is 12.7. The van der Waals surface area contributed by atoms with Gasteiger partial charge in [0.2, 0.25) is 0 Å². The van der Waals surface area contributed by atoms with Crippen molar-refractivity contribution < 1.29 is 10.2 Å². The summed E-state index contributed by atoms with van der Waals surface area (Å²) in [4.78, 5) is 0. The molecular formula is C16H28O2. The maximum absolute atomic E-state index is 10.8. The highest BCUT2D eigenvalue weighted by molar-refractivity contribution is 5.20. The van der Waals surface area contributed by atoms with Crippen LogP contribution in [0.4, 0.5) is 0 Å². The minimum Gasteiger partial charge on any atom is -0.389 e. The van der Waals surface area contributed by atoms with E-state index in [0.717, 1.165) is 18.4 Å². The Morgan fingerprint density at radius 1 is 1.33 bits per heavy atom. The molecule has 0 aromatic heterocycles. The molecular weight excluding hydrogens is 224 g/mol. The molecule has 2 N–H and O–H groups in total. The molecule has 0 saturated heterocycles. The number of hydrogen-bond donors (Lipinski definition) is 2. The van der Waals surface area contributed by atoms with Gasteiger partial charge in [-0.1, -0.05) is 39.8 Å². The maximum atomic E-state index is 10.8. The predicted octanol–water partition coefficient (Wildman–Crippen LogP) is 3.14. The fourth-order valence-corrected chi connectivity index (χ4v) is 4.18. The number of fused-ring (bicyclic) bond motifs is 1. The molecule has 18 heavy (non-hydrogen) atoms. The van der Waals surface area contributed by atoms with Crippen LogP contribution in [0.2, 0.25) is 0 Å². The molecule has 0 amide bonds. The Morgan fingerprint density at radius 3 is 2.50 bits per heavy atom. The van der Waals surface area contributed by atoms with Crippen molar-refractivity contribution in [1.29, 1.82) is 0 Å². The first-order valence-corrected chi connectivity index (χ1v) is 7.31. The summed E-state index contributed by atoms with van der Waals surface area (Å²) in [6.07, 6.45) is 3.19. The monoisotopic (exact) mass is 252 g/mol. The molecule has 2 saturated carbocycles. The van der Waals surface area contributed by atoms with Crippen molar-refractivity contribution in [3.8, 4) is 0 Å². The van der Waals surface area contributed by atoms with E-state index in [0.29, 0.717) is 12.3 Å². The van der Waals surface area contributed by atoms with E-state index in [-0.39, 0.29) is 17.3 Å². The smallest absolute Gasteiger partial charge is 0.0934 e. The van der Waals surface area contributed by atoms with Crippen molar-refractivity contribution in [1.82, 2.24) is 0 Å². The highest BCUT2D eigenvalue weighted by Crippen LogP contribution is 2.57. The van der Waals surface area contributed by atoms with Crippen molar-refractivity contribution in [3.63, 3.8) is 0 Å².